The number of benzene rings is 1. The normalized spacial score (nSPS) is 19.9. The molecule has 1 heterocycles. The minimum absolute atomic E-state index is 0.0716. The molecule has 0 radical (unpaired) electrons. The molecule has 2 rings (SSSR count). The Morgan fingerprint density at radius 1 is 1.35 bits per heavy atom. The largest absolute Gasteiger partial charge is 0.495 e. The van der Waals surface area contributed by atoms with Crippen molar-refractivity contribution >= 4 is 29.2 Å². The Bertz CT molecular complexity index is 801. The monoisotopic (exact) mass is 455 g/mol. The van der Waals surface area contributed by atoms with E-state index in [0.29, 0.717) is 23.0 Å². The van der Waals surface area contributed by atoms with Crippen LogP contribution in [0.25, 0.3) is 0 Å². The molecular weight excluding hydrogens is 422 g/mol. The Morgan fingerprint density at radius 2 is 2.00 bits per heavy atom. The highest BCUT2D eigenvalue weighted by Crippen LogP contribution is 2.35. The molecule has 0 saturated carbocycles. The average Bonchev–Trinajstić information content (AvgIpc) is 2.67. The number of amides is 1. The summed E-state index contributed by atoms with van der Waals surface area (Å²) in [5.41, 5.74) is 6.40. The third kappa shape index (κ3) is 6.10. The van der Waals surface area contributed by atoms with E-state index in [0.717, 1.165) is 0 Å². The summed E-state index contributed by atoms with van der Waals surface area (Å²) in [4.78, 5) is 28.0. The first-order chi connectivity index (χ1) is 14.4. The molecule has 1 fully saturated rings. The van der Waals surface area contributed by atoms with Crippen LogP contribution in [0.15, 0.2) is 18.2 Å². The number of aliphatic hydroxyl groups excluding tert-OH is 1. The molecule has 0 unspecified atom stereocenters. The molecule has 8 nitrogen and oxygen atoms in total. The highest BCUT2D eigenvalue weighted by atomic mass is 35.5. The van der Waals surface area contributed by atoms with Crippen LogP contribution in [0.1, 0.15) is 34.1 Å². The third-order valence-electron chi connectivity index (χ3n) is 6.00. The van der Waals surface area contributed by atoms with Gasteiger partial charge in [0, 0.05) is 29.7 Å². The number of carboxylic acid groups (broad SMARTS) is 1. The molecule has 4 N–H and O–H groups in total. The van der Waals surface area contributed by atoms with Gasteiger partial charge in [0.25, 0.3) is 0 Å². The molecule has 0 aromatic heterocycles. The predicted molar refractivity (Wildman–Crippen MR) is 121 cm³/mol. The number of methoxy groups -OCH3 is 1. The Labute approximate surface area is 188 Å². The summed E-state index contributed by atoms with van der Waals surface area (Å²) in [7, 11) is 1.54. The van der Waals surface area contributed by atoms with Gasteiger partial charge in [-0.05, 0) is 44.4 Å². The van der Waals surface area contributed by atoms with Gasteiger partial charge in [-0.3, -0.25) is 14.5 Å². The second-order valence-corrected chi connectivity index (χ2v) is 9.58. The number of carbonyl (C=O) groups excluding carboxylic acids is 1. The van der Waals surface area contributed by atoms with E-state index >= 15 is 0 Å². The number of aliphatic carboxylic acids is 1. The van der Waals surface area contributed by atoms with E-state index in [-0.39, 0.29) is 31.3 Å². The molecule has 174 valence electrons. The number of hydrogen-bond donors (Lipinski definition) is 3. The molecule has 1 aromatic rings. The average molecular weight is 456 g/mol. The van der Waals surface area contributed by atoms with Crippen molar-refractivity contribution in [2.75, 3.05) is 31.6 Å². The topological polar surface area (TPSA) is 116 Å². The highest BCUT2D eigenvalue weighted by Gasteiger charge is 2.40. The maximum Gasteiger partial charge on any atom is 0.306 e. The van der Waals surface area contributed by atoms with E-state index in [1.165, 1.54) is 0 Å². The van der Waals surface area contributed by atoms with Crippen molar-refractivity contribution in [1.82, 2.24) is 4.90 Å². The van der Waals surface area contributed by atoms with Gasteiger partial charge in [-0.2, -0.15) is 0 Å². The van der Waals surface area contributed by atoms with Gasteiger partial charge < -0.3 is 25.6 Å². The van der Waals surface area contributed by atoms with Gasteiger partial charge >= 0.3 is 5.97 Å². The molecule has 0 bridgehead atoms. The molecule has 1 aliphatic heterocycles. The van der Waals surface area contributed by atoms with Crippen molar-refractivity contribution in [3.05, 3.63) is 23.2 Å². The molecule has 3 atom stereocenters. The van der Waals surface area contributed by atoms with Crippen LogP contribution < -0.4 is 15.4 Å². The maximum atomic E-state index is 13.0. The first kappa shape index (κ1) is 25.4. The second kappa shape index (κ2) is 10.2. The van der Waals surface area contributed by atoms with Gasteiger partial charge in [0.05, 0.1) is 31.4 Å². The SMILES string of the molecule is COc1ccc(Cl)cc1N1CC(C)(C)N(C[C@H](N)[C@@H](O)C[C@H](C(=O)O)C(C)C)CC1=O. The van der Waals surface area contributed by atoms with Crippen LogP contribution in [0.3, 0.4) is 0 Å². The van der Waals surface area contributed by atoms with Crippen molar-refractivity contribution in [1.29, 1.82) is 0 Å². The van der Waals surface area contributed by atoms with Gasteiger partial charge in [0.15, 0.2) is 0 Å². The zero-order valence-electron chi connectivity index (χ0n) is 18.8. The van der Waals surface area contributed by atoms with E-state index in [1.54, 1.807) is 30.2 Å². The van der Waals surface area contributed by atoms with Crippen LogP contribution in [-0.2, 0) is 9.59 Å². The lowest BCUT2D eigenvalue weighted by Crippen LogP contribution is -2.64. The summed E-state index contributed by atoms with van der Waals surface area (Å²) < 4.78 is 5.40. The molecule has 31 heavy (non-hydrogen) atoms. The Morgan fingerprint density at radius 3 is 2.55 bits per heavy atom. The lowest BCUT2D eigenvalue weighted by Gasteiger charge is -2.47. The number of halogens is 1. The quantitative estimate of drug-likeness (QED) is 0.522. The van der Waals surface area contributed by atoms with Gasteiger partial charge in [-0.1, -0.05) is 25.4 Å². The minimum Gasteiger partial charge on any atom is -0.495 e. The number of carbonyl (C=O) groups is 2. The standard InChI is InChI=1S/C22H34ClN3O5/c1-13(2)15(21(29)30)9-18(27)16(24)10-25-11-20(28)26(12-22(25,3)4)17-8-14(23)6-7-19(17)31-5/h6-8,13,15-16,18,27H,9-12,24H2,1-5H3,(H,29,30)/t15-,16-,18-/m0/s1. The summed E-state index contributed by atoms with van der Waals surface area (Å²) in [6.07, 6.45) is -0.914. The minimum atomic E-state index is -0.986. The zero-order valence-corrected chi connectivity index (χ0v) is 19.6. The van der Waals surface area contributed by atoms with Crippen molar-refractivity contribution in [2.24, 2.45) is 17.6 Å². The smallest absolute Gasteiger partial charge is 0.306 e. The van der Waals surface area contributed by atoms with Crippen LogP contribution in [0, 0.1) is 11.8 Å². The Hall–Kier alpha value is -1.87. The number of carboxylic acids is 1. The van der Waals surface area contributed by atoms with E-state index < -0.39 is 29.6 Å². The number of nitrogens with two attached hydrogens (primary N) is 1. The van der Waals surface area contributed by atoms with Crippen LogP contribution in [0.4, 0.5) is 5.69 Å². The number of rotatable bonds is 9. The number of anilines is 1. The Balaban J connectivity index is 2.13. The van der Waals surface area contributed by atoms with Crippen LogP contribution in [0.2, 0.25) is 5.02 Å². The number of hydrogen-bond acceptors (Lipinski definition) is 6. The summed E-state index contributed by atoms with van der Waals surface area (Å²) in [6, 6.07) is 4.46. The second-order valence-electron chi connectivity index (χ2n) is 9.14. The molecule has 0 aliphatic carbocycles. The number of aliphatic hydroxyl groups is 1. The predicted octanol–water partition coefficient (Wildman–Crippen LogP) is 2.21. The van der Waals surface area contributed by atoms with E-state index in [1.807, 2.05) is 32.6 Å². The fraction of sp³-hybridized carbons (Fsp3) is 0.636. The summed E-state index contributed by atoms with van der Waals surface area (Å²) in [5, 5.41) is 20.4. The van der Waals surface area contributed by atoms with Crippen molar-refractivity contribution < 1.29 is 24.5 Å². The van der Waals surface area contributed by atoms with E-state index in [4.69, 9.17) is 22.1 Å². The summed E-state index contributed by atoms with van der Waals surface area (Å²) in [5.74, 6) is -1.31. The molecular formula is C22H34ClN3O5. The molecule has 9 heteroatoms. The lowest BCUT2D eigenvalue weighted by molar-refractivity contribution is -0.144. The first-order valence-electron chi connectivity index (χ1n) is 10.4. The fourth-order valence-electron chi connectivity index (χ4n) is 3.91. The first-order valence-corrected chi connectivity index (χ1v) is 10.8. The van der Waals surface area contributed by atoms with Crippen LogP contribution >= 0.6 is 11.6 Å². The van der Waals surface area contributed by atoms with Gasteiger partial charge in [-0.15, -0.1) is 0 Å². The maximum absolute atomic E-state index is 13.0. The molecule has 1 saturated heterocycles. The lowest BCUT2D eigenvalue weighted by atomic mass is 9.87. The highest BCUT2D eigenvalue weighted by molar-refractivity contribution is 6.31. The van der Waals surface area contributed by atoms with Crippen molar-refractivity contribution in [2.45, 2.75) is 51.8 Å². The van der Waals surface area contributed by atoms with Gasteiger partial charge in [0.2, 0.25) is 5.91 Å². The number of ether oxygens (including phenoxy) is 1. The van der Waals surface area contributed by atoms with E-state index in [2.05, 4.69) is 0 Å². The summed E-state index contributed by atoms with van der Waals surface area (Å²) >= 11 is 6.14. The van der Waals surface area contributed by atoms with E-state index in [9.17, 15) is 19.8 Å². The van der Waals surface area contributed by atoms with Crippen LogP contribution in [0.5, 0.6) is 5.75 Å². The molecule has 1 aliphatic rings. The summed E-state index contributed by atoms with van der Waals surface area (Å²) in [6.45, 7) is 8.37. The van der Waals surface area contributed by atoms with Crippen molar-refractivity contribution in [3.8, 4) is 5.75 Å². The molecule has 1 aromatic carbocycles. The fourth-order valence-corrected chi connectivity index (χ4v) is 4.08. The molecule has 1 amide bonds. The van der Waals surface area contributed by atoms with Crippen LogP contribution in [-0.4, -0.2) is 71.4 Å². The number of piperazine rings is 1. The zero-order chi connectivity index (χ0) is 23.5. The van der Waals surface area contributed by atoms with Gasteiger partial charge in [0.1, 0.15) is 5.75 Å². The number of nitrogens with zero attached hydrogens (tertiary/aromatic N) is 2. The molecule has 0 spiro atoms. The third-order valence-corrected chi connectivity index (χ3v) is 6.24. The van der Waals surface area contributed by atoms with Crippen molar-refractivity contribution in [3.63, 3.8) is 0 Å². The Kier molecular flexibility index (Phi) is 8.33. The van der Waals surface area contributed by atoms with Gasteiger partial charge in [-0.25, -0.2) is 0 Å².